The zero-order valence-corrected chi connectivity index (χ0v) is 11.2. The molecule has 0 saturated heterocycles. The van der Waals surface area contributed by atoms with Crippen LogP contribution in [0.5, 0.6) is 5.75 Å². The Bertz CT molecular complexity index is 622. The number of hydrogen-bond acceptors (Lipinski definition) is 4. The zero-order valence-electron chi connectivity index (χ0n) is 10.3. The standard InChI is InChI=1S/C14H11FO4S/c15-12-6-9(19-8-14(17)18)3-4-11(12)13(16)7-10-2-1-5-20-10/h1-6H,7-8H2,(H,17,18). The van der Waals surface area contributed by atoms with Gasteiger partial charge in [0.2, 0.25) is 0 Å². The summed E-state index contributed by atoms with van der Waals surface area (Å²) in [6.45, 7) is -0.554. The topological polar surface area (TPSA) is 63.6 Å². The largest absolute Gasteiger partial charge is 0.482 e. The molecule has 104 valence electrons. The van der Waals surface area contributed by atoms with Crippen molar-refractivity contribution in [3.05, 3.63) is 52.0 Å². The molecule has 1 aromatic carbocycles. The number of hydrogen-bond donors (Lipinski definition) is 1. The molecule has 0 unspecified atom stereocenters. The van der Waals surface area contributed by atoms with Gasteiger partial charge >= 0.3 is 5.97 Å². The fourth-order valence-electron chi connectivity index (χ4n) is 1.62. The third-order valence-electron chi connectivity index (χ3n) is 2.52. The number of carboxylic acid groups (broad SMARTS) is 1. The van der Waals surface area contributed by atoms with E-state index in [1.165, 1.54) is 23.5 Å². The van der Waals surface area contributed by atoms with E-state index in [2.05, 4.69) is 0 Å². The minimum atomic E-state index is -1.15. The molecule has 1 heterocycles. The maximum atomic E-state index is 13.8. The lowest BCUT2D eigenvalue weighted by atomic mass is 10.1. The molecule has 0 spiro atoms. The van der Waals surface area contributed by atoms with Gasteiger partial charge in [0.1, 0.15) is 11.6 Å². The van der Waals surface area contributed by atoms with Gasteiger partial charge in [0, 0.05) is 17.4 Å². The molecule has 1 aromatic heterocycles. The predicted molar refractivity (Wildman–Crippen MR) is 71.9 cm³/mol. The molecule has 4 nitrogen and oxygen atoms in total. The highest BCUT2D eigenvalue weighted by molar-refractivity contribution is 7.10. The van der Waals surface area contributed by atoms with E-state index >= 15 is 0 Å². The number of ketones is 1. The quantitative estimate of drug-likeness (QED) is 0.832. The van der Waals surface area contributed by atoms with Crippen LogP contribution < -0.4 is 4.74 Å². The Morgan fingerprint density at radius 2 is 2.10 bits per heavy atom. The Morgan fingerprint density at radius 3 is 2.70 bits per heavy atom. The number of benzene rings is 1. The van der Waals surface area contributed by atoms with Crippen LogP contribution in [0.4, 0.5) is 4.39 Å². The number of carbonyl (C=O) groups is 2. The van der Waals surface area contributed by atoms with E-state index in [0.29, 0.717) is 0 Å². The van der Waals surface area contributed by atoms with Crippen LogP contribution in [0.25, 0.3) is 0 Å². The monoisotopic (exact) mass is 294 g/mol. The molecule has 0 bridgehead atoms. The lowest BCUT2D eigenvalue weighted by Gasteiger charge is -2.06. The molecule has 0 radical (unpaired) electrons. The van der Waals surface area contributed by atoms with Gasteiger partial charge in [-0.15, -0.1) is 11.3 Å². The molecule has 1 N–H and O–H groups in total. The fourth-order valence-corrected chi connectivity index (χ4v) is 2.33. The van der Waals surface area contributed by atoms with Crippen LogP contribution in [-0.4, -0.2) is 23.5 Å². The maximum absolute atomic E-state index is 13.8. The first-order valence-electron chi connectivity index (χ1n) is 5.76. The number of Topliss-reactive ketones (excluding diaryl/α,β-unsaturated/α-hetero) is 1. The van der Waals surface area contributed by atoms with Crippen LogP contribution >= 0.6 is 11.3 Å². The van der Waals surface area contributed by atoms with Gasteiger partial charge in [-0.3, -0.25) is 4.79 Å². The van der Waals surface area contributed by atoms with Crippen molar-refractivity contribution in [2.45, 2.75) is 6.42 Å². The first-order valence-corrected chi connectivity index (χ1v) is 6.64. The summed E-state index contributed by atoms with van der Waals surface area (Å²) in [4.78, 5) is 23.1. The van der Waals surface area contributed by atoms with E-state index < -0.39 is 18.4 Å². The van der Waals surface area contributed by atoms with Gasteiger partial charge in [0.05, 0.1) is 5.56 Å². The van der Waals surface area contributed by atoms with Crippen molar-refractivity contribution in [3.8, 4) is 5.75 Å². The second kappa shape index (κ2) is 6.29. The Hall–Kier alpha value is -2.21. The van der Waals surface area contributed by atoms with Gasteiger partial charge in [0.25, 0.3) is 0 Å². The fraction of sp³-hybridized carbons (Fsp3) is 0.143. The van der Waals surface area contributed by atoms with Crippen molar-refractivity contribution >= 4 is 23.1 Å². The van der Waals surface area contributed by atoms with E-state index in [9.17, 15) is 14.0 Å². The number of aliphatic carboxylic acids is 1. The SMILES string of the molecule is O=C(O)COc1ccc(C(=O)Cc2cccs2)c(F)c1. The minimum absolute atomic E-state index is 0.0268. The van der Waals surface area contributed by atoms with Crippen molar-refractivity contribution in [2.24, 2.45) is 0 Å². The summed E-state index contributed by atoms with van der Waals surface area (Å²) in [7, 11) is 0. The Labute approximate surface area is 118 Å². The molecule has 20 heavy (non-hydrogen) atoms. The molecule has 2 aromatic rings. The van der Waals surface area contributed by atoms with E-state index in [-0.39, 0.29) is 23.5 Å². The normalized spacial score (nSPS) is 10.2. The lowest BCUT2D eigenvalue weighted by Crippen LogP contribution is -2.10. The predicted octanol–water partition coefficient (Wildman–Crippen LogP) is 2.78. The summed E-state index contributed by atoms with van der Waals surface area (Å²) in [6.07, 6.45) is 0.143. The molecule has 0 saturated carbocycles. The van der Waals surface area contributed by atoms with Crippen LogP contribution in [0.3, 0.4) is 0 Å². The van der Waals surface area contributed by atoms with Gasteiger partial charge < -0.3 is 9.84 Å². The molecule has 0 fully saturated rings. The first kappa shape index (κ1) is 14.2. The van der Waals surface area contributed by atoms with Crippen molar-refractivity contribution in [2.75, 3.05) is 6.61 Å². The van der Waals surface area contributed by atoms with Crippen molar-refractivity contribution in [1.29, 1.82) is 0 Å². The van der Waals surface area contributed by atoms with Crippen molar-refractivity contribution in [3.63, 3.8) is 0 Å². The minimum Gasteiger partial charge on any atom is -0.482 e. The summed E-state index contributed by atoms with van der Waals surface area (Å²) >= 11 is 1.43. The van der Waals surface area contributed by atoms with Crippen LogP contribution in [0, 0.1) is 5.82 Å². The number of rotatable bonds is 6. The third-order valence-corrected chi connectivity index (χ3v) is 3.39. The van der Waals surface area contributed by atoms with Crippen LogP contribution in [0.15, 0.2) is 35.7 Å². The summed E-state index contributed by atoms with van der Waals surface area (Å²) in [5, 5.41) is 10.3. The molecular weight excluding hydrogens is 283 g/mol. The van der Waals surface area contributed by atoms with E-state index in [0.717, 1.165) is 10.9 Å². The number of halogens is 1. The molecule has 0 aliphatic rings. The molecule has 0 amide bonds. The third kappa shape index (κ3) is 3.64. The van der Waals surface area contributed by atoms with Gasteiger partial charge in [0.15, 0.2) is 12.4 Å². The van der Waals surface area contributed by atoms with Gasteiger partial charge in [-0.2, -0.15) is 0 Å². The smallest absolute Gasteiger partial charge is 0.341 e. The van der Waals surface area contributed by atoms with Crippen LogP contribution in [0.2, 0.25) is 0 Å². The Balaban J connectivity index is 2.08. The van der Waals surface area contributed by atoms with Gasteiger partial charge in [-0.1, -0.05) is 6.07 Å². The molecule has 0 atom stereocenters. The van der Waals surface area contributed by atoms with E-state index in [1.807, 2.05) is 17.5 Å². The number of carbonyl (C=O) groups excluding carboxylic acids is 1. The first-order chi connectivity index (χ1) is 9.56. The number of carboxylic acids is 1. The van der Waals surface area contributed by atoms with Crippen molar-refractivity contribution in [1.82, 2.24) is 0 Å². The molecule has 6 heteroatoms. The summed E-state index contributed by atoms with van der Waals surface area (Å²) in [5.74, 6) is -2.11. The van der Waals surface area contributed by atoms with Crippen LogP contribution in [0.1, 0.15) is 15.2 Å². The highest BCUT2D eigenvalue weighted by Gasteiger charge is 2.14. The highest BCUT2D eigenvalue weighted by atomic mass is 32.1. The van der Waals surface area contributed by atoms with Gasteiger partial charge in [-0.25, -0.2) is 9.18 Å². The van der Waals surface area contributed by atoms with E-state index in [1.54, 1.807) is 0 Å². The second-order valence-electron chi connectivity index (χ2n) is 4.00. The molecule has 0 aliphatic carbocycles. The average molecular weight is 294 g/mol. The zero-order chi connectivity index (χ0) is 14.5. The average Bonchev–Trinajstić information content (AvgIpc) is 2.89. The van der Waals surface area contributed by atoms with Gasteiger partial charge in [-0.05, 0) is 23.6 Å². The molecule has 2 rings (SSSR count). The van der Waals surface area contributed by atoms with Crippen molar-refractivity contribution < 1.29 is 23.8 Å². The number of thiophene rings is 1. The lowest BCUT2D eigenvalue weighted by molar-refractivity contribution is -0.139. The van der Waals surface area contributed by atoms with Crippen LogP contribution in [-0.2, 0) is 11.2 Å². The highest BCUT2D eigenvalue weighted by Crippen LogP contribution is 2.19. The summed E-state index contributed by atoms with van der Waals surface area (Å²) in [6, 6.07) is 7.35. The Morgan fingerprint density at radius 1 is 1.30 bits per heavy atom. The molecular formula is C14H11FO4S. The summed E-state index contributed by atoms with van der Waals surface area (Å²) < 4.78 is 18.6. The Kier molecular flexibility index (Phi) is 4.47. The maximum Gasteiger partial charge on any atom is 0.341 e. The van der Waals surface area contributed by atoms with E-state index in [4.69, 9.17) is 9.84 Å². The molecule has 0 aliphatic heterocycles. The summed E-state index contributed by atoms with van der Waals surface area (Å²) in [5.41, 5.74) is -0.0268. The second-order valence-corrected chi connectivity index (χ2v) is 5.04. The number of ether oxygens (including phenoxy) is 1.